The van der Waals surface area contributed by atoms with Gasteiger partial charge in [-0.3, -0.25) is 9.89 Å². The molecule has 2 rings (SSSR count). The highest BCUT2D eigenvalue weighted by atomic mass is 127. The second kappa shape index (κ2) is 10.0. The molecule has 2 saturated heterocycles. The van der Waals surface area contributed by atoms with E-state index in [0.29, 0.717) is 6.54 Å². The van der Waals surface area contributed by atoms with E-state index in [2.05, 4.69) is 42.6 Å². The normalized spacial score (nSPS) is 23.8. The summed E-state index contributed by atoms with van der Waals surface area (Å²) in [6.45, 7) is 11.9. The molecule has 2 heterocycles. The van der Waals surface area contributed by atoms with Crippen molar-refractivity contribution in [3.05, 3.63) is 11.1 Å². The molecule has 1 unspecified atom stereocenters. The van der Waals surface area contributed by atoms with E-state index in [4.69, 9.17) is 4.74 Å². The predicted octanol–water partition coefficient (Wildman–Crippen LogP) is 1.74. The first-order valence-electron chi connectivity index (χ1n) is 7.28. The van der Waals surface area contributed by atoms with Crippen molar-refractivity contribution in [2.24, 2.45) is 10.9 Å². The van der Waals surface area contributed by atoms with Gasteiger partial charge in [0.05, 0.1) is 6.61 Å². The monoisotopic (exact) mass is 472 g/mol. The highest BCUT2D eigenvalue weighted by Gasteiger charge is 2.23. The number of rotatable bonds is 4. The van der Waals surface area contributed by atoms with E-state index in [1.807, 2.05) is 7.05 Å². The van der Waals surface area contributed by atoms with Crippen LogP contribution in [0.1, 0.15) is 6.42 Å². The molecule has 0 saturated carbocycles. The van der Waals surface area contributed by atoms with E-state index in [1.54, 1.807) is 0 Å². The number of ether oxygens (including phenoxy) is 1. The molecule has 2 aliphatic rings. The minimum atomic E-state index is 0. The summed E-state index contributed by atoms with van der Waals surface area (Å²) in [5.74, 6) is 1.70. The van der Waals surface area contributed by atoms with E-state index in [0.717, 1.165) is 55.8 Å². The van der Waals surface area contributed by atoms with Crippen LogP contribution in [-0.4, -0.2) is 75.3 Å². The quantitative estimate of drug-likeness (QED) is 0.384. The van der Waals surface area contributed by atoms with Gasteiger partial charge in [0, 0.05) is 57.4 Å². The SMILES string of the molecule is C=C(Br)CNC(=NC)N1CCN(CC2CCOC2)CC1.I. The van der Waals surface area contributed by atoms with Crippen LogP contribution in [-0.2, 0) is 4.74 Å². The van der Waals surface area contributed by atoms with Gasteiger partial charge in [-0.2, -0.15) is 0 Å². The second-order valence-electron chi connectivity index (χ2n) is 5.44. The number of nitrogens with zero attached hydrogens (tertiary/aromatic N) is 3. The molecule has 0 amide bonds. The largest absolute Gasteiger partial charge is 0.381 e. The van der Waals surface area contributed by atoms with Gasteiger partial charge in [0.1, 0.15) is 0 Å². The van der Waals surface area contributed by atoms with Crippen LogP contribution in [0.25, 0.3) is 0 Å². The highest BCUT2D eigenvalue weighted by Crippen LogP contribution is 2.15. The third-order valence-electron chi connectivity index (χ3n) is 3.86. The molecule has 0 aliphatic carbocycles. The number of piperazine rings is 1. The molecule has 0 bridgehead atoms. The Kier molecular flexibility index (Phi) is 9.15. The van der Waals surface area contributed by atoms with Crippen LogP contribution in [0.4, 0.5) is 0 Å². The van der Waals surface area contributed by atoms with Crippen LogP contribution < -0.4 is 5.32 Å². The Balaban J connectivity index is 0.00000220. The zero-order valence-corrected chi connectivity index (χ0v) is 16.6. The molecule has 21 heavy (non-hydrogen) atoms. The average molecular weight is 473 g/mol. The molecule has 122 valence electrons. The van der Waals surface area contributed by atoms with Crippen LogP contribution in [0.2, 0.25) is 0 Å². The van der Waals surface area contributed by atoms with Gasteiger partial charge in [-0.05, 0) is 12.3 Å². The zero-order valence-electron chi connectivity index (χ0n) is 12.7. The molecule has 0 aromatic rings. The summed E-state index contributed by atoms with van der Waals surface area (Å²) in [5, 5.41) is 3.32. The standard InChI is InChI=1S/C14H25BrN4O.HI/c1-12(15)9-17-14(16-2)19-6-4-18(5-7-19)10-13-3-8-20-11-13;/h13H,1,3-11H2,2H3,(H,16,17);1H. The second-order valence-corrected chi connectivity index (χ2v) is 6.56. The van der Waals surface area contributed by atoms with Gasteiger partial charge in [0.15, 0.2) is 5.96 Å². The third-order valence-corrected chi connectivity index (χ3v) is 4.14. The van der Waals surface area contributed by atoms with Crippen LogP contribution in [0.3, 0.4) is 0 Å². The first kappa shape index (κ1) is 19.2. The molecule has 7 heteroatoms. The fourth-order valence-electron chi connectivity index (χ4n) is 2.74. The van der Waals surface area contributed by atoms with E-state index in [-0.39, 0.29) is 24.0 Å². The summed E-state index contributed by atoms with van der Waals surface area (Å²) in [5.41, 5.74) is 0. The lowest BCUT2D eigenvalue weighted by atomic mass is 10.1. The van der Waals surface area contributed by atoms with Crippen LogP contribution in [0.5, 0.6) is 0 Å². The van der Waals surface area contributed by atoms with E-state index in [9.17, 15) is 0 Å². The number of nitrogens with one attached hydrogen (secondary N) is 1. The van der Waals surface area contributed by atoms with Crippen LogP contribution in [0, 0.1) is 5.92 Å². The smallest absolute Gasteiger partial charge is 0.194 e. The summed E-state index contributed by atoms with van der Waals surface area (Å²) in [6.07, 6.45) is 1.22. The number of hydrogen-bond acceptors (Lipinski definition) is 3. The number of aliphatic imine (C=N–C) groups is 1. The molecule has 1 N–H and O–H groups in total. The number of guanidine groups is 1. The molecule has 1 atom stereocenters. The molecule has 0 aromatic carbocycles. The van der Waals surface area contributed by atoms with Crippen molar-refractivity contribution in [3.8, 4) is 0 Å². The maximum absolute atomic E-state index is 5.45. The molecule has 2 fully saturated rings. The Labute approximate surface area is 153 Å². The number of hydrogen-bond donors (Lipinski definition) is 1. The molecular weight excluding hydrogens is 447 g/mol. The van der Waals surface area contributed by atoms with Gasteiger partial charge in [-0.15, -0.1) is 24.0 Å². The number of halogens is 2. The summed E-state index contributed by atoms with van der Waals surface area (Å²) < 4.78 is 6.39. The lowest BCUT2D eigenvalue weighted by molar-refractivity contribution is 0.139. The average Bonchev–Trinajstić information content (AvgIpc) is 2.94. The van der Waals surface area contributed by atoms with Crippen molar-refractivity contribution in [1.29, 1.82) is 0 Å². The minimum Gasteiger partial charge on any atom is -0.381 e. The topological polar surface area (TPSA) is 40.1 Å². The molecule has 2 aliphatic heterocycles. The summed E-state index contributed by atoms with van der Waals surface area (Å²) in [6, 6.07) is 0. The molecule has 0 radical (unpaired) electrons. The summed E-state index contributed by atoms with van der Waals surface area (Å²) >= 11 is 3.36. The third kappa shape index (κ3) is 6.42. The first-order valence-corrected chi connectivity index (χ1v) is 8.07. The Morgan fingerprint density at radius 3 is 2.62 bits per heavy atom. The van der Waals surface area contributed by atoms with Gasteiger partial charge >= 0.3 is 0 Å². The summed E-state index contributed by atoms with van der Waals surface area (Å²) in [7, 11) is 1.83. The van der Waals surface area contributed by atoms with Crippen molar-refractivity contribution in [1.82, 2.24) is 15.1 Å². The van der Waals surface area contributed by atoms with Crippen molar-refractivity contribution < 1.29 is 4.74 Å². The van der Waals surface area contributed by atoms with Gasteiger partial charge < -0.3 is 15.0 Å². The van der Waals surface area contributed by atoms with Crippen molar-refractivity contribution in [2.75, 3.05) is 59.5 Å². The van der Waals surface area contributed by atoms with Crippen LogP contribution >= 0.6 is 39.9 Å². The van der Waals surface area contributed by atoms with E-state index >= 15 is 0 Å². The Morgan fingerprint density at radius 1 is 1.38 bits per heavy atom. The van der Waals surface area contributed by atoms with Crippen LogP contribution in [0.15, 0.2) is 16.1 Å². The maximum Gasteiger partial charge on any atom is 0.194 e. The van der Waals surface area contributed by atoms with E-state index in [1.165, 1.54) is 13.0 Å². The molecule has 5 nitrogen and oxygen atoms in total. The molecule has 0 aromatic heterocycles. The van der Waals surface area contributed by atoms with Crippen molar-refractivity contribution >= 4 is 45.9 Å². The van der Waals surface area contributed by atoms with Gasteiger partial charge in [0.2, 0.25) is 0 Å². The maximum atomic E-state index is 5.45. The van der Waals surface area contributed by atoms with Crippen molar-refractivity contribution in [3.63, 3.8) is 0 Å². The highest BCUT2D eigenvalue weighted by molar-refractivity contribution is 14.0. The minimum absolute atomic E-state index is 0. The van der Waals surface area contributed by atoms with Gasteiger partial charge in [-0.1, -0.05) is 22.5 Å². The molecular formula is C14H26BrIN4O. The Hall–Kier alpha value is 0.140. The summed E-state index contributed by atoms with van der Waals surface area (Å²) in [4.78, 5) is 9.21. The fourth-order valence-corrected chi connectivity index (χ4v) is 2.88. The fraction of sp³-hybridized carbons (Fsp3) is 0.786. The van der Waals surface area contributed by atoms with Gasteiger partial charge in [-0.25, -0.2) is 0 Å². The lowest BCUT2D eigenvalue weighted by Crippen LogP contribution is -2.53. The predicted molar refractivity (Wildman–Crippen MR) is 102 cm³/mol. The first-order chi connectivity index (χ1) is 9.69. The zero-order chi connectivity index (χ0) is 14.4. The Morgan fingerprint density at radius 2 is 2.10 bits per heavy atom. The van der Waals surface area contributed by atoms with Gasteiger partial charge in [0.25, 0.3) is 0 Å². The van der Waals surface area contributed by atoms with E-state index < -0.39 is 0 Å². The van der Waals surface area contributed by atoms with Crippen molar-refractivity contribution in [2.45, 2.75) is 6.42 Å². The molecule has 0 spiro atoms. The lowest BCUT2D eigenvalue weighted by Gasteiger charge is -2.37. The Bertz CT molecular complexity index is 353.